The molecule has 0 spiro atoms. The summed E-state index contributed by atoms with van der Waals surface area (Å²) in [4.78, 5) is 13.8. The second-order valence-electron chi connectivity index (χ2n) is 4.29. The Bertz CT molecular complexity index is 633. The topological polar surface area (TPSA) is 29.5 Å². The van der Waals surface area contributed by atoms with Crippen LogP contribution in [0.1, 0.15) is 15.9 Å². The fourth-order valence-electron chi connectivity index (χ4n) is 1.82. The molecule has 0 N–H and O–H groups in total. The molecule has 0 atom stereocenters. The van der Waals surface area contributed by atoms with Gasteiger partial charge in [-0.05, 0) is 45.1 Å². The quantitative estimate of drug-likeness (QED) is 0.775. The Morgan fingerprint density at radius 3 is 2.76 bits per heavy atom. The lowest BCUT2D eigenvalue weighted by Crippen LogP contribution is -2.26. The Balaban J connectivity index is 2.15. The monoisotopic (exact) mass is 375 g/mol. The van der Waals surface area contributed by atoms with Crippen LogP contribution in [0.25, 0.3) is 0 Å². The molecule has 2 rings (SSSR count). The molecule has 1 heterocycles. The molecule has 0 aliphatic rings. The van der Waals surface area contributed by atoms with Crippen molar-refractivity contribution >= 4 is 33.2 Å². The van der Waals surface area contributed by atoms with Gasteiger partial charge in [-0.3, -0.25) is 4.79 Å². The van der Waals surface area contributed by atoms with E-state index in [1.807, 2.05) is 11.4 Å². The molecule has 1 aromatic heterocycles. The molecule has 0 aliphatic heterocycles. The van der Waals surface area contributed by atoms with Crippen molar-refractivity contribution in [2.24, 2.45) is 0 Å². The number of ether oxygens (including phenoxy) is 1. The molecular formula is C14H12BrF2NO2S. The van der Waals surface area contributed by atoms with Gasteiger partial charge in [-0.1, -0.05) is 12.1 Å². The number of carbonyl (C=O) groups excluding carboxylic acids is 1. The Morgan fingerprint density at radius 2 is 2.14 bits per heavy atom. The van der Waals surface area contributed by atoms with E-state index in [0.717, 1.165) is 9.35 Å². The van der Waals surface area contributed by atoms with Gasteiger partial charge in [0.2, 0.25) is 0 Å². The van der Waals surface area contributed by atoms with Gasteiger partial charge in [-0.25, -0.2) is 0 Å². The SMILES string of the molecule is CN(Cc1csc(Br)c1)C(=O)c1ccccc1OC(F)F. The molecule has 7 heteroatoms. The number of rotatable bonds is 5. The summed E-state index contributed by atoms with van der Waals surface area (Å²) >= 11 is 4.87. The average Bonchev–Trinajstić information content (AvgIpc) is 2.83. The highest BCUT2D eigenvalue weighted by Crippen LogP contribution is 2.24. The van der Waals surface area contributed by atoms with E-state index in [1.165, 1.54) is 28.4 Å². The molecule has 112 valence electrons. The van der Waals surface area contributed by atoms with Crippen molar-refractivity contribution in [2.75, 3.05) is 7.05 Å². The summed E-state index contributed by atoms with van der Waals surface area (Å²) in [7, 11) is 1.62. The normalized spacial score (nSPS) is 10.7. The second-order valence-corrected chi connectivity index (χ2v) is 6.59. The van der Waals surface area contributed by atoms with Crippen LogP contribution in [-0.2, 0) is 6.54 Å². The molecular weight excluding hydrogens is 364 g/mol. The van der Waals surface area contributed by atoms with Crippen molar-refractivity contribution in [3.8, 4) is 5.75 Å². The van der Waals surface area contributed by atoms with Gasteiger partial charge < -0.3 is 9.64 Å². The Hall–Kier alpha value is -1.47. The van der Waals surface area contributed by atoms with Gasteiger partial charge >= 0.3 is 6.61 Å². The minimum atomic E-state index is -2.96. The number of carbonyl (C=O) groups is 1. The number of hydrogen-bond donors (Lipinski definition) is 0. The summed E-state index contributed by atoms with van der Waals surface area (Å²) in [5.74, 6) is -0.482. The third-order valence-electron chi connectivity index (χ3n) is 2.72. The summed E-state index contributed by atoms with van der Waals surface area (Å²) in [5.41, 5.74) is 1.09. The molecule has 0 aliphatic carbocycles. The van der Waals surface area contributed by atoms with Crippen molar-refractivity contribution < 1.29 is 18.3 Å². The van der Waals surface area contributed by atoms with Gasteiger partial charge in [0, 0.05) is 13.6 Å². The molecule has 0 radical (unpaired) electrons. The standard InChI is InChI=1S/C14H12BrF2NO2S/c1-18(7-9-6-12(15)21-8-9)13(19)10-4-2-3-5-11(10)20-14(16)17/h2-6,8,14H,7H2,1H3. The van der Waals surface area contributed by atoms with E-state index in [2.05, 4.69) is 20.7 Å². The zero-order valence-corrected chi connectivity index (χ0v) is 13.5. The van der Waals surface area contributed by atoms with Crippen LogP contribution in [0.4, 0.5) is 8.78 Å². The van der Waals surface area contributed by atoms with Gasteiger partial charge in [0.15, 0.2) is 0 Å². The zero-order valence-electron chi connectivity index (χ0n) is 11.1. The minimum absolute atomic E-state index is 0.115. The molecule has 2 aromatic rings. The van der Waals surface area contributed by atoms with E-state index in [1.54, 1.807) is 19.2 Å². The number of halogens is 3. The number of para-hydroxylation sites is 1. The van der Waals surface area contributed by atoms with Crippen LogP contribution in [0.15, 0.2) is 39.5 Å². The number of thiophene rings is 1. The lowest BCUT2D eigenvalue weighted by Gasteiger charge is -2.18. The summed E-state index contributed by atoms with van der Waals surface area (Å²) in [5, 5.41) is 1.93. The van der Waals surface area contributed by atoms with E-state index < -0.39 is 6.61 Å². The maximum Gasteiger partial charge on any atom is 0.387 e. The molecule has 1 aromatic carbocycles. The first-order chi connectivity index (χ1) is 9.97. The highest BCUT2D eigenvalue weighted by atomic mass is 79.9. The van der Waals surface area contributed by atoms with Crippen molar-refractivity contribution in [3.63, 3.8) is 0 Å². The van der Waals surface area contributed by atoms with E-state index in [9.17, 15) is 13.6 Å². The van der Waals surface area contributed by atoms with Crippen LogP contribution < -0.4 is 4.74 Å². The number of hydrogen-bond acceptors (Lipinski definition) is 3. The molecule has 0 saturated heterocycles. The molecule has 0 bridgehead atoms. The van der Waals surface area contributed by atoms with Crippen molar-refractivity contribution in [1.82, 2.24) is 4.90 Å². The summed E-state index contributed by atoms with van der Waals surface area (Å²) in [6.07, 6.45) is 0. The highest BCUT2D eigenvalue weighted by Gasteiger charge is 2.19. The van der Waals surface area contributed by atoms with Crippen molar-refractivity contribution in [2.45, 2.75) is 13.2 Å². The summed E-state index contributed by atoms with van der Waals surface area (Å²) in [6.45, 7) is -2.57. The highest BCUT2D eigenvalue weighted by molar-refractivity contribution is 9.11. The first kappa shape index (κ1) is 15.9. The number of alkyl halides is 2. The lowest BCUT2D eigenvalue weighted by atomic mass is 10.1. The lowest BCUT2D eigenvalue weighted by molar-refractivity contribution is -0.0502. The van der Waals surface area contributed by atoms with Crippen LogP contribution in [0, 0.1) is 0 Å². The predicted octanol–water partition coefficient (Wildman–Crippen LogP) is 4.38. The number of benzene rings is 1. The summed E-state index contributed by atoms with van der Waals surface area (Å²) in [6, 6.07) is 7.90. The maximum atomic E-state index is 12.4. The van der Waals surface area contributed by atoms with Gasteiger partial charge in [-0.2, -0.15) is 8.78 Å². The van der Waals surface area contributed by atoms with Gasteiger partial charge in [0.05, 0.1) is 9.35 Å². The molecule has 3 nitrogen and oxygen atoms in total. The fraction of sp³-hybridized carbons (Fsp3) is 0.214. The smallest absolute Gasteiger partial charge is 0.387 e. The van der Waals surface area contributed by atoms with Crippen LogP contribution >= 0.6 is 27.3 Å². The van der Waals surface area contributed by atoms with Crippen LogP contribution in [-0.4, -0.2) is 24.5 Å². The second kappa shape index (κ2) is 7.00. The van der Waals surface area contributed by atoms with Crippen molar-refractivity contribution in [1.29, 1.82) is 0 Å². The van der Waals surface area contributed by atoms with Crippen LogP contribution in [0.3, 0.4) is 0 Å². The van der Waals surface area contributed by atoms with Gasteiger partial charge in [0.1, 0.15) is 5.75 Å². The van der Waals surface area contributed by atoms with E-state index in [-0.39, 0.29) is 17.2 Å². The zero-order chi connectivity index (χ0) is 15.4. The predicted molar refractivity (Wildman–Crippen MR) is 80.9 cm³/mol. The number of amides is 1. The largest absolute Gasteiger partial charge is 0.434 e. The first-order valence-electron chi connectivity index (χ1n) is 5.99. The average molecular weight is 376 g/mol. The minimum Gasteiger partial charge on any atom is -0.434 e. The molecule has 21 heavy (non-hydrogen) atoms. The Labute approximate surface area is 133 Å². The first-order valence-corrected chi connectivity index (χ1v) is 7.67. The van der Waals surface area contributed by atoms with E-state index >= 15 is 0 Å². The summed E-state index contributed by atoms with van der Waals surface area (Å²) < 4.78 is 30.1. The Kier molecular flexibility index (Phi) is 5.30. The van der Waals surface area contributed by atoms with E-state index in [4.69, 9.17) is 0 Å². The van der Waals surface area contributed by atoms with Crippen LogP contribution in [0.5, 0.6) is 5.75 Å². The molecule has 0 fully saturated rings. The van der Waals surface area contributed by atoms with Gasteiger partial charge in [0.25, 0.3) is 5.91 Å². The molecule has 0 unspecified atom stereocenters. The third kappa shape index (κ3) is 4.25. The molecule has 1 amide bonds. The van der Waals surface area contributed by atoms with E-state index in [0.29, 0.717) is 6.54 Å². The third-order valence-corrected chi connectivity index (χ3v) is 4.28. The van der Waals surface area contributed by atoms with Crippen molar-refractivity contribution in [3.05, 3.63) is 50.6 Å². The maximum absolute atomic E-state index is 12.4. The number of nitrogens with zero attached hydrogens (tertiary/aromatic N) is 1. The molecule has 0 saturated carbocycles. The fourth-order valence-corrected chi connectivity index (χ4v) is 3.02. The Morgan fingerprint density at radius 1 is 1.43 bits per heavy atom. The van der Waals surface area contributed by atoms with Gasteiger partial charge in [-0.15, -0.1) is 11.3 Å². The van der Waals surface area contributed by atoms with Crippen LogP contribution in [0.2, 0.25) is 0 Å².